The van der Waals surface area contributed by atoms with Gasteiger partial charge in [-0.1, -0.05) is 24.3 Å². The van der Waals surface area contributed by atoms with Crippen LogP contribution in [-0.2, 0) is 28.4 Å². The van der Waals surface area contributed by atoms with Crippen LogP contribution in [0.5, 0.6) is 11.5 Å². The van der Waals surface area contributed by atoms with Crippen molar-refractivity contribution in [3.8, 4) is 11.5 Å². The summed E-state index contributed by atoms with van der Waals surface area (Å²) in [5.74, 6) is 0.131. The standard InChI is InChI=1S/C30H40O10/c1-3-33-11-13-35-15-17-37-19-21-39-25-9-5-7-23-27(25)29(31)24-8-6-10-26(28(24)30(23)32)40-22-20-38-18-16-36-14-12-34-4-2/h5-10H,3-4,11-22H2,1-2H3. The second-order valence-corrected chi connectivity index (χ2v) is 8.56. The summed E-state index contributed by atoms with van der Waals surface area (Å²) < 4.78 is 44.0. The van der Waals surface area contributed by atoms with Crippen molar-refractivity contribution in [2.75, 3.05) is 92.5 Å². The zero-order valence-electron chi connectivity index (χ0n) is 23.4. The molecule has 0 unspecified atom stereocenters. The maximum Gasteiger partial charge on any atom is 0.198 e. The lowest BCUT2D eigenvalue weighted by Crippen LogP contribution is -2.23. The van der Waals surface area contributed by atoms with Gasteiger partial charge in [0, 0.05) is 24.3 Å². The largest absolute Gasteiger partial charge is 0.490 e. The fourth-order valence-electron chi connectivity index (χ4n) is 4.01. The van der Waals surface area contributed by atoms with Crippen LogP contribution in [0, 0.1) is 0 Å². The zero-order chi connectivity index (χ0) is 28.4. The van der Waals surface area contributed by atoms with Crippen LogP contribution < -0.4 is 9.47 Å². The van der Waals surface area contributed by atoms with Crippen molar-refractivity contribution in [3.05, 3.63) is 58.7 Å². The maximum absolute atomic E-state index is 13.5. The first-order valence-electron chi connectivity index (χ1n) is 13.8. The monoisotopic (exact) mass is 560 g/mol. The predicted octanol–water partition coefficient (Wildman–Crippen LogP) is 3.36. The van der Waals surface area contributed by atoms with Gasteiger partial charge in [0.25, 0.3) is 0 Å². The number of ketones is 2. The zero-order valence-corrected chi connectivity index (χ0v) is 23.4. The molecule has 0 atom stereocenters. The summed E-state index contributed by atoms with van der Waals surface area (Å²) in [6, 6.07) is 10.0. The SMILES string of the molecule is CCOCCOCCOCCOc1cccc2c1C(=O)c1cccc(OCCOCCOCCOCC)c1C2=O. The van der Waals surface area contributed by atoms with Gasteiger partial charge < -0.3 is 37.9 Å². The molecule has 1 aliphatic rings. The highest BCUT2D eigenvalue weighted by Crippen LogP contribution is 2.37. The molecule has 0 aliphatic heterocycles. The van der Waals surface area contributed by atoms with Crippen LogP contribution in [0.4, 0.5) is 0 Å². The van der Waals surface area contributed by atoms with E-state index in [1.165, 1.54) is 0 Å². The van der Waals surface area contributed by atoms with E-state index in [1.54, 1.807) is 36.4 Å². The lowest BCUT2D eigenvalue weighted by atomic mass is 9.83. The van der Waals surface area contributed by atoms with Gasteiger partial charge in [-0.05, 0) is 26.0 Å². The number of ether oxygens (including phenoxy) is 8. The molecule has 10 heteroatoms. The number of carbonyl (C=O) groups is 2. The van der Waals surface area contributed by atoms with Crippen molar-refractivity contribution in [2.24, 2.45) is 0 Å². The Labute approximate surface area is 235 Å². The molecule has 0 aromatic heterocycles. The smallest absolute Gasteiger partial charge is 0.198 e. The molecule has 0 bridgehead atoms. The van der Waals surface area contributed by atoms with Crippen LogP contribution in [0.1, 0.15) is 45.7 Å². The molecule has 1 aliphatic carbocycles. The number of hydrogen-bond acceptors (Lipinski definition) is 10. The lowest BCUT2D eigenvalue weighted by molar-refractivity contribution is 0.0113. The van der Waals surface area contributed by atoms with Crippen molar-refractivity contribution < 1.29 is 47.5 Å². The highest BCUT2D eigenvalue weighted by atomic mass is 16.6. The van der Waals surface area contributed by atoms with E-state index in [0.717, 1.165) is 0 Å². The molecule has 2 aromatic carbocycles. The Morgan fingerprint density at radius 1 is 0.450 bits per heavy atom. The summed E-state index contributed by atoms with van der Waals surface area (Å²) in [5, 5.41) is 0. The van der Waals surface area contributed by atoms with E-state index < -0.39 is 0 Å². The normalized spacial score (nSPS) is 12.3. The number of rotatable bonds is 22. The molecule has 0 saturated carbocycles. The molecular weight excluding hydrogens is 520 g/mol. The van der Waals surface area contributed by atoms with Crippen molar-refractivity contribution in [2.45, 2.75) is 13.8 Å². The van der Waals surface area contributed by atoms with Crippen LogP contribution in [0.2, 0.25) is 0 Å². The number of benzene rings is 2. The molecule has 0 amide bonds. The van der Waals surface area contributed by atoms with E-state index in [1.807, 2.05) is 13.8 Å². The summed E-state index contributed by atoms with van der Waals surface area (Å²) in [5.41, 5.74) is 1.08. The minimum Gasteiger partial charge on any atom is -0.490 e. The molecule has 10 nitrogen and oxygen atoms in total. The van der Waals surface area contributed by atoms with Gasteiger partial charge in [-0.15, -0.1) is 0 Å². The minimum atomic E-state index is -0.283. The van der Waals surface area contributed by atoms with E-state index in [4.69, 9.17) is 37.9 Å². The van der Waals surface area contributed by atoms with Gasteiger partial charge in [0.05, 0.1) is 77.2 Å². The number of fused-ring (bicyclic) bond motifs is 2. The molecule has 0 saturated heterocycles. The van der Waals surface area contributed by atoms with Gasteiger partial charge in [-0.2, -0.15) is 0 Å². The van der Waals surface area contributed by atoms with E-state index >= 15 is 0 Å². The van der Waals surface area contributed by atoms with E-state index in [9.17, 15) is 9.59 Å². The van der Waals surface area contributed by atoms with Gasteiger partial charge in [0.2, 0.25) is 0 Å². The molecule has 0 spiro atoms. The molecule has 3 rings (SSSR count). The highest BCUT2D eigenvalue weighted by Gasteiger charge is 2.34. The average Bonchev–Trinajstić information content (AvgIpc) is 2.97. The van der Waals surface area contributed by atoms with E-state index in [0.29, 0.717) is 90.8 Å². The van der Waals surface area contributed by atoms with Crippen molar-refractivity contribution in [1.29, 1.82) is 0 Å². The summed E-state index contributed by atoms with van der Waals surface area (Å²) >= 11 is 0. The van der Waals surface area contributed by atoms with Crippen molar-refractivity contribution in [3.63, 3.8) is 0 Å². The lowest BCUT2D eigenvalue weighted by Gasteiger charge is -2.22. The Bertz CT molecular complexity index is 971. The molecule has 0 fully saturated rings. The molecule has 2 aromatic rings. The molecule has 0 radical (unpaired) electrons. The first-order chi connectivity index (χ1) is 19.7. The summed E-state index contributed by atoms with van der Waals surface area (Å²) in [4.78, 5) is 26.9. The van der Waals surface area contributed by atoms with Gasteiger partial charge in [0.1, 0.15) is 24.7 Å². The van der Waals surface area contributed by atoms with Gasteiger partial charge in [-0.3, -0.25) is 9.59 Å². The Balaban J connectivity index is 1.48. The second kappa shape index (κ2) is 18.5. The molecule has 40 heavy (non-hydrogen) atoms. The van der Waals surface area contributed by atoms with Crippen LogP contribution in [-0.4, -0.2) is 104 Å². The fraction of sp³-hybridized carbons (Fsp3) is 0.533. The van der Waals surface area contributed by atoms with Gasteiger partial charge in [0.15, 0.2) is 11.6 Å². The number of hydrogen-bond donors (Lipinski definition) is 0. The first-order valence-corrected chi connectivity index (χ1v) is 13.8. The fourth-order valence-corrected chi connectivity index (χ4v) is 4.01. The van der Waals surface area contributed by atoms with Crippen molar-refractivity contribution in [1.82, 2.24) is 0 Å². The Kier molecular flexibility index (Phi) is 14.6. The summed E-state index contributed by atoms with van der Waals surface area (Å²) in [6.07, 6.45) is 0. The third kappa shape index (κ3) is 9.65. The van der Waals surface area contributed by atoms with Gasteiger partial charge >= 0.3 is 0 Å². The van der Waals surface area contributed by atoms with E-state index in [-0.39, 0.29) is 47.0 Å². The molecular formula is C30H40O10. The Hall–Kier alpha value is -2.86. The average molecular weight is 561 g/mol. The van der Waals surface area contributed by atoms with Crippen LogP contribution in [0.3, 0.4) is 0 Å². The summed E-state index contributed by atoms with van der Waals surface area (Å²) in [7, 11) is 0. The third-order valence-electron chi connectivity index (χ3n) is 5.86. The predicted molar refractivity (Wildman–Crippen MR) is 147 cm³/mol. The first kappa shape index (κ1) is 31.7. The van der Waals surface area contributed by atoms with Crippen LogP contribution >= 0.6 is 0 Å². The minimum absolute atomic E-state index is 0.227. The quantitative estimate of drug-likeness (QED) is 0.170. The summed E-state index contributed by atoms with van der Waals surface area (Å²) in [6.45, 7) is 10.2. The van der Waals surface area contributed by atoms with Crippen LogP contribution in [0.25, 0.3) is 0 Å². The van der Waals surface area contributed by atoms with E-state index in [2.05, 4.69) is 0 Å². The number of carbonyl (C=O) groups excluding carboxylic acids is 2. The maximum atomic E-state index is 13.5. The second-order valence-electron chi connectivity index (χ2n) is 8.56. The molecule has 0 N–H and O–H groups in total. The third-order valence-corrected chi connectivity index (χ3v) is 5.86. The molecule has 0 heterocycles. The molecule has 220 valence electrons. The topological polar surface area (TPSA) is 108 Å². The highest BCUT2D eigenvalue weighted by molar-refractivity contribution is 6.30. The van der Waals surface area contributed by atoms with Crippen molar-refractivity contribution >= 4 is 11.6 Å². The van der Waals surface area contributed by atoms with Crippen LogP contribution in [0.15, 0.2) is 36.4 Å². The Morgan fingerprint density at radius 3 is 1.12 bits per heavy atom. The Morgan fingerprint density at radius 2 is 0.775 bits per heavy atom. The van der Waals surface area contributed by atoms with Gasteiger partial charge in [-0.25, -0.2) is 0 Å².